The molecule has 42 heavy (non-hydrogen) atoms. The molecule has 226 valence electrons. The van der Waals surface area contributed by atoms with Gasteiger partial charge in [-0.15, -0.1) is 0 Å². The predicted molar refractivity (Wildman–Crippen MR) is 148 cm³/mol. The van der Waals surface area contributed by atoms with Gasteiger partial charge in [-0.1, -0.05) is 0 Å². The summed E-state index contributed by atoms with van der Waals surface area (Å²) in [4.78, 5) is 61.2. The van der Waals surface area contributed by atoms with Crippen molar-refractivity contribution in [2.24, 2.45) is 16.5 Å². The molecule has 0 aliphatic heterocycles. The summed E-state index contributed by atoms with van der Waals surface area (Å²) in [5.41, 5.74) is 8.82. The van der Waals surface area contributed by atoms with E-state index in [2.05, 4.69) is 20.9 Å². The Kier molecular flexibility index (Phi) is 11.3. The first-order valence-electron chi connectivity index (χ1n) is 12.1. The first-order chi connectivity index (χ1) is 19.7. The van der Waals surface area contributed by atoms with E-state index in [1.807, 2.05) is 0 Å². The minimum atomic E-state index is -1.20. The first-order valence-corrected chi connectivity index (χ1v) is 12.1. The Bertz CT molecular complexity index is 1400. The maximum absolute atomic E-state index is 13.2. The Balaban J connectivity index is 2.21. The fraction of sp³-hybridized carbons (Fsp3) is 0.348. The minimum Gasteiger partial charge on any atom is -0.504 e. The van der Waals surface area contributed by atoms with Gasteiger partial charge in [-0.3, -0.25) is 44.9 Å². The van der Waals surface area contributed by atoms with Gasteiger partial charge in [-0.2, -0.15) is 0 Å². The van der Waals surface area contributed by atoms with Crippen molar-refractivity contribution in [2.75, 3.05) is 25.5 Å². The van der Waals surface area contributed by atoms with Crippen molar-refractivity contribution in [2.45, 2.75) is 31.8 Å². The summed E-state index contributed by atoms with van der Waals surface area (Å²) in [5.74, 6) is -2.24. The largest absolute Gasteiger partial charge is 0.504 e. The number of phenols is 1. The second-order valence-corrected chi connectivity index (χ2v) is 8.71. The van der Waals surface area contributed by atoms with E-state index in [4.69, 9.17) is 16.2 Å². The van der Waals surface area contributed by atoms with Gasteiger partial charge >= 0.3 is 0 Å². The zero-order valence-electron chi connectivity index (χ0n) is 22.4. The van der Waals surface area contributed by atoms with Gasteiger partial charge < -0.3 is 37.3 Å². The monoisotopic (exact) mass is 591 g/mol. The van der Waals surface area contributed by atoms with Crippen molar-refractivity contribution in [3.8, 4) is 11.5 Å². The van der Waals surface area contributed by atoms with Crippen LogP contribution < -0.4 is 32.2 Å². The van der Waals surface area contributed by atoms with E-state index >= 15 is 0 Å². The van der Waals surface area contributed by atoms with Crippen LogP contribution in [0.2, 0.25) is 0 Å². The topological polar surface area (TPSA) is 294 Å². The van der Waals surface area contributed by atoms with Crippen LogP contribution in [0.1, 0.15) is 31.4 Å². The van der Waals surface area contributed by atoms with E-state index in [1.165, 1.54) is 14.0 Å². The van der Waals surface area contributed by atoms with Gasteiger partial charge in [0.1, 0.15) is 11.7 Å². The van der Waals surface area contributed by atoms with Crippen molar-refractivity contribution >= 4 is 40.5 Å². The third-order valence-electron chi connectivity index (χ3n) is 5.78. The molecular formula is C23H29N9O10. The molecule has 8 N–H and O–H groups in total. The number of amides is 2. The highest BCUT2D eigenvalue weighted by Gasteiger charge is 2.28. The first kappa shape index (κ1) is 32.5. The van der Waals surface area contributed by atoms with Crippen LogP contribution in [0.5, 0.6) is 11.5 Å². The molecule has 0 heterocycles. The van der Waals surface area contributed by atoms with Gasteiger partial charge in [0, 0.05) is 12.6 Å². The molecule has 0 saturated carbocycles. The molecule has 2 rings (SSSR count). The lowest BCUT2D eigenvalue weighted by Crippen LogP contribution is -2.48. The summed E-state index contributed by atoms with van der Waals surface area (Å²) >= 11 is 0. The zero-order valence-corrected chi connectivity index (χ0v) is 22.4. The molecule has 0 radical (unpaired) electrons. The molecule has 2 aromatic rings. The van der Waals surface area contributed by atoms with E-state index in [0.717, 1.165) is 30.3 Å². The molecule has 0 saturated heterocycles. The molecule has 2 aromatic carbocycles. The van der Waals surface area contributed by atoms with Crippen LogP contribution in [0.25, 0.3) is 0 Å². The number of anilines is 1. The van der Waals surface area contributed by atoms with E-state index in [0.29, 0.717) is 0 Å². The van der Waals surface area contributed by atoms with Gasteiger partial charge in [-0.05, 0) is 31.9 Å². The molecule has 0 aliphatic rings. The maximum atomic E-state index is 13.2. The molecule has 19 heteroatoms. The number of nitrogens with one attached hydrogen (secondary N) is 3. The highest BCUT2D eigenvalue weighted by atomic mass is 16.6. The number of rotatable bonds is 15. The molecule has 2 amide bonds. The van der Waals surface area contributed by atoms with Crippen LogP contribution in [0.3, 0.4) is 0 Å². The van der Waals surface area contributed by atoms with Crippen molar-refractivity contribution in [3.05, 3.63) is 66.2 Å². The maximum Gasteiger partial charge on any atom is 0.299 e. The number of carbonyl (C=O) groups excluding carboxylic acids is 2. The Morgan fingerprint density at radius 2 is 1.69 bits per heavy atom. The summed E-state index contributed by atoms with van der Waals surface area (Å²) < 4.78 is 4.91. The van der Waals surface area contributed by atoms with E-state index in [-0.39, 0.29) is 42.3 Å². The number of hydrogen-bond donors (Lipinski definition) is 6. The molecule has 0 spiro atoms. The average molecular weight is 592 g/mol. The van der Waals surface area contributed by atoms with Crippen LogP contribution in [-0.4, -0.2) is 63.9 Å². The standard InChI is InChI=1S/C23H29N9O10/c1-12(14-9-19(33)20(42-2)10-17(14)31(38)39)28-22(35)16(4-3-7-26-23(24)25)29-21(34)11-27-15-6-5-13(30(36)37)8-18(15)32(40)41/h5-6,8-10,12,16,27,33H,3-4,7,11H2,1-2H3,(H,28,35)(H,29,34)(H4,24,25,26). The molecule has 0 fully saturated rings. The second-order valence-electron chi connectivity index (χ2n) is 8.71. The van der Waals surface area contributed by atoms with E-state index in [9.17, 15) is 45.0 Å². The number of methoxy groups -OCH3 is 1. The Hall–Kier alpha value is -5.75. The average Bonchev–Trinajstić information content (AvgIpc) is 2.92. The van der Waals surface area contributed by atoms with Gasteiger partial charge in [0.05, 0.1) is 52.2 Å². The number of non-ortho nitro benzene ring substituents is 1. The Morgan fingerprint density at radius 1 is 1.02 bits per heavy atom. The Morgan fingerprint density at radius 3 is 2.26 bits per heavy atom. The van der Waals surface area contributed by atoms with Crippen LogP contribution in [0, 0.1) is 30.3 Å². The number of hydrogen-bond acceptors (Lipinski definition) is 12. The molecule has 2 atom stereocenters. The van der Waals surface area contributed by atoms with E-state index in [1.54, 1.807) is 0 Å². The van der Waals surface area contributed by atoms with Crippen LogP contribution in [0.15, 0.2) is 35.3 Å². The van der Waals surface area contributed by atoms with Gasteiger partial charge in [0.25, 0.3) is 17.1 Å². The summed E-state index contributed by atoms with van der Waals surface area (Å²) in [7, 11) is 1.22. The smallest absolute Gasteiger partial charge is 0.299 e. The molecule has 0 aromatic heterocycles. The van der Waals surface area contributed by atoms with Crippen molar-refractivity contribution < 1.29 is 34.2 Å². The molecule has 2 unspecified atom stereocenters. The van der Waals surface area contributed by atoms with Crippen molar-refractivity contribution in [1.82, 2.24) is 10.6 Å². The lowest BCUT2D eigenvalue weighted by atomic mass is 10.0. The third kappa shape index (κ3) is 8.89. The number of benzene rings is 2. The van der Waals surface area contributed by atoms with E-state index < -0.39 is 68.0 Å². The fourth-order valence-electron chi connectivity index (χ4n) is 3.76. The summed E-state index contributed by atoms with van der Waals surface area (Å²) in [5, 5.41) is 51.5. The number of nitrogens with two attached hydrogens (primary N) is 2. The molecular weight excluding hydrogens is 562 g/mol. The van der Waals surface area contributed by atoms with Gasteiger partial charge in [0.2, 0.25) is 11.8 Å². The number of carbonyl (C=O) groups is 2. The number of nitro benzene ring substituents is 3. The SMILES string of the molecule is COc1cc([N+](=O)[O-])c(C(C)NC(=O)C(CCCN=C(N)N)NC(=O)CNc2ccc([N+](=O)[O-])cc2[N+](=O)[O-])cc1O. The van der Waals surface area contributed by atoms with Gasteiger partial charge in [0.15, 0.2) is 17.5 Å². The summed E-state index contributed by atoms with van der Waals surface area (Å²) in [6.07, 6.45) is 0.254. The zero-order chi connectivity index (χ0) is 31.6. The second kappa shape index (κ2) is 14.6. The van der Waals surface area contributed by atoms with Crippen molar-refractivity contribution in [1.29, 1.82) is 0 Å². The fourth-order valence-corrected chi connectivity index (χ4v) is 3.76. The number of guanidine groups is 1. The number of phenolic OH excluding ortho intramolecular Hbond substituents is 1. The number of aliphatic imine (C=N–C) groups is 1. The number of nitrogens with zero attached hydrogens (tertiary/aromatic N) is 4. The summed E-state index contributed by atoms with van der Waals surface area (Å²) in [6.45, 7) is 0.992. The highest BCUT2D eigenvalue weighted by Crippen LogP contribution is 2.36. The molecule has 0 bridgehead atoms. The number of aromatic hydroxyl groups is 1. The normalized spacial score (nSPS) is 11.9. The quantitative estimate of drug-likeness (QED) is 0.0553. The lowest BCUT2D eigenvalue weighted by molar-refractivity contribution is -0.393. The third-order valence-corrected chi connectivity index (χ3v) is 5.78. The van der Waals surface area contributed by atoms with Crippen LogP contribution in [-0.2, 0) is 9.59 Å². The lowest BCUT2D eigenvalue weighted by Gasteiger charge is -2.22. The Labute approximate surface area is 237 Å². The van der Waals surface area contributed by atoms with Gasteiger partial charge in [-0.25, -0.2) is 0 Å². The number of ether oxygens (including phenoxy) is 1. The molecule has 19 nitrogen and oxygen atoms in total. The highest BCUT2D eigenvalue weighted by molar-refractivity contribution is 5.89. The predicted octanol–water partition coefficient (Wildman–Crippen LogP) is 0.953. The molecule has 0 aliphatic carbocycles. The number of nitro groups is 3. The van der Waals surface area contributed by atoms with Crippen LogP contribution >= 0.6 is 0 Å². The summed E-state index contributed by atoms with van der Waals surface area (Å²) in [6, 6.07) is 2.70. The van der Waals surface area contributed by atoms with Crippen LogP contribution in [0.4, 0.5) is 22.7 Å². The minimum absolute atomic E-state index is 0.0225. The van der Waals surface area contributed by atoms with Crippen molar-refractivity contribution in [3.63, 3.8) is 0 Å².